The molecule has 0 radical (unpaired) electrons. The van der Waals surface area contributed by atoms with Gasteiger partial charge in [-0.05, 0) is 49.2 Å². The Labute approximate surface area is 131 Å². The van der Waals surface area contributed by atoms with Crippen LogP contribution in [-0.2, 0) is 0 Å². The quantitative estimate of drug-likeness (QED) is 0.460. The fourth-order valence-electron chi connectivity index (χ4n) is 2.34. The Balaban J connectivity index is 2.75. The van der Waals surface area contributed by atoms with Gasteiger partial charge < -0.3 is 10.4 Å². The molecule has 114 valence electrons. The number of aliphatic hydroxyl groups excluding tert-OH is 1. The SMILES string of the molecule is Cc1c(Br)c(F)cc2c1N(C(=N)C(C)O)C(=N)C(C)(C)N2. The zero-order valence-corrected chi connectivity index (χ0v) is 13.9. The van der Waals surface area contributed by atoms with Gasteiger partial charge in [0.1, 0.15) is 23.6 Å². The zero-order valence-electron chi connectivity index (χ0n) is 12.3. The van der Waals surface area contributed by atoms with Crippen molar-refractivity contribution >= 4 is 39.0 Å². The highest BCUT2D eigenvalue weighted by Crippen LogP contribution is 2.42. The average molecular weight is 357 g/mol. The van der Waals surface area contributed by atoms with Crippen LogP contribution in [0.1, 0.15) is 26.3 Å². The molecule has 1 aromatic rings. The first-order chi connectivity index (χ1) is 9.58. The summed E-state index contributed by atoms with van der Waals surface area (Å²) in [6.07, 6.45) is -1.03. The van der Waals surface area contributed by atoms with Gasteiger partial charge in [-0.3, -0.25) is 15.7 Å². The third-order valence-electron chi connectivity index (χ3n) is 3.54. The first kappa shape index (κ1) is 15.9. The number of nitrogens with one attached hydrogen (secondary N) is 3. The predicted molar refractivity (Wildman–Crippen MR) is 86.2 cm³/mol. The van der Waals surface area contributed by atoms with E-state index in [-0.39, 0.29) is 11.7 Å². The number of amidine groups is 2. The standard InChI is InChI=1S/C14H18BrFN4O/c1-6-10(15)8(16)5-9-11(6)20(12(17)7(2)21)13(18)14(3,4)19-9/h5,7,17-19,21H,1-4H3. The van der Waals surface area contributed by atoms with Gasteiger partial charge in [0.05, 0.1) is 21.4 Å². The normalized spacial score (nSPS) is 18.0. The van der Waals surface area contributed by atoms with Gasteiger partial charge in [-0.15, -0.1) is 0 Å². The van der Waals surface area contributed by atoms with Crippen molar-refractivity contribution in [3.63, 3.8) is 0 Å². The summed E-state index contributed by atoms with van der Waals surface area (Å²) in [5.74, 6) is -0.397. The Bertz CT molecular complexity index is 642. The van der Waals surface area contributed by atoms with Gasteiger partial charge in [0, 0.05) is 6.07 Å². The minimum absolute atomic E-state index is 0.113. The Kier molecular flexibility index (Phi) is 3.84. The van der Waals surface area contributed by atoms with Gasteiger partial charge in [0.2, 0.25) is 0 Å². The molecular formula is C14H18BrFN4O. The lowest BCUT2D eigenvalue weighted by Gasteiger charge is -2.43. The third kappa shape index (κ3) is 2.44. The van der Waals surface area contributed by atoms with Gasteiger partial charge >= 0.3 is 0 Å². The molecule has 0 spiro atoms. The molecule has 1 unspecified atom stereocenters. The lowest BCUT2D eigenvalue weighted by molar-refractivity contribution is 0.259. The molecule has 1 atom stereocenters. The van der Waals surface area contributed by atoms with E-state index in [9.17, 15) is 9.50 Å². The second-order valence-electron chi connectivity index (χ2n) is 5.69. The maximum absolute atomic E-state index is 13.9. The van der Waals surface area contributed by atoms with Gasteiger partial charge in [-0.1, -0.05) is 0 Å². The van der Waals surface area contributed by atoms with E-state index >= 15 is 0 Å². The van der Waals surface area contributed by atoms with Gasteiger partial charge in [0.15, 0.2) is 0 Å². The monoisotopic (exact) mass is 356 g/mol. The number of anilines is 2. The average Bonchev–Trinajstić information content (AvgIpc) is 2.37. The molecule has 0 aliphatic carbocycles. The van der Waals surface area contributed by atoms with E-state index in [1.165, 1.54) is 17.9 Å². The molecule has 0 amide bonds. The van der Waals surface area contributed by atoms with Crippen molar-refractivity contribution in [2.24, 2.45) is 0 Å². The van der Waals surface area contributed by atoms with Crippen molar-refractivity contribution in [2.75, 3.05) is 10.2 Å². The van der Waals surface area contributed by atoms with Crippen molar-refractivity contribution in [3.05, 3.63) is 21.9 Å². The first-order valence-electron chi connectivity index (χ1n) is 6.50. The summed E-state index contributed by atoms with van der Waals surface area (Å²) in [6, 6.07) is 1.34. The molecule has 0 saturated carbocycles. The lowest BCUT2D eigenvalue weighted by Crippen LogP contribution is -2.57. The fourth-order valence-corrected chi connectivity index (χ4v) is 2.64. The van der Waals surface area contributed by atoms with E-state index < -0.39 is 17.5 Å². The fraction of sp³-hybridized carbons (Fsp3) is 0.429. The molecule has 7 heteroatoms. The number of hydrogen-bond acceptors (Lipinski definition) is 4. The van der Waals surface area contributed by atoms with Gasteiger partial charge in [-0.2, -0.15) is 0 Å². The minimum atomic E-state index is -1.03. The van der Waals surface area contributed by atoms with E-state index in [4.69, 9.17) is 10.8 Å². The maximum Gasteiger partial charge on any atom is 0.139 e. The van der Waals surface area contributed by atoms with Gasteiger partial charge in [-0.25, -0.2) is 4.39 Å². The maximum atomic E-state index is 13.9. The summed E-state index contributed by atoms with van der Waals surface area (Å²) in [4.78, 5) is 1.37. The van der Waals surface area contributed by atoms with E-state index in [1.54, 1.807) is 20.8 Å². The molecule has 21 heavy (non-hydrogen) atoms. The van der Waals surface area contributed by atoms with Crippen molar-refractivity contribution < 1.29 is 9.50 Å². The molecule has 0 aromatic heterocycles. The number of aliphatic hydroxyl groups is 1. The second kappa shape index (κ2) is 5.06. The van der Waals surface area contributed by atoms with Crippen molar-refractivity contribution in [3.8, 4) is 0 Å². The van der Waals surface area contributed by atoms with Gasteiger partial charge in [0.25, 0.3) is 0 Å². The summed E-state index contributed by atoms with van der Waals surface area (Å²) in [6.45, 7) is 6.73. The van der Waals surface area contributed by atoms with Crippen LogP contribution < -0.4 is 10.2 Å². The van der Waals surface area contributed by atoms with Crippen LogP contribution >= 0.6 is 15.9 Å². The van der Waals surface area contributed by atoms with Crippen LogP contribution in [0.4, 0.5) is 15.8 Å². The van der Waals surface area contributed by atoms with E-state index in [2.05, 4.69) is 21.2 Å². The Morgan fingerprint density at radius 2 is 2.10 bits per heavy atom. The Morgan fingerprint density at radius 1 is 1.52 bits per heavy atom. The zero-order chi connectivity index (χ0) is 16.1. The smallest absolute Gasteiger partial charge is 0.139 e. The molecule has 4 N–H and O–H groups in total. The molecule has 0 saturated heterocycles. The number of benzene rings is 1. The van der Waals surface area contributed by atoms with Crippen molar-refractivity contribution in [1.29, 1.82) is 10.8 Å². The van der Waals surface area contributed by atoms with Crippen LogP contribution in [0.3, 0.4) is 0 Å². The summed E-state index contributed by atoms with van der Waals surface area (Å²) in [5.41, 5.74) is 0.808. The summed E-state index contributed by atoms with van der Waals surface area (Å²) >= 11 is 3.19. The lowest BCUT2D eigenvalue weighted by atomic mass is 9.95. The summed E-state index contributed by atoms with van der Waals surface area (Å²) < 4.78 is 14.2. The number of nitrogens with zero attached hydrogens (tertiary/aromatic N) is 1. The van der Waals surface area contributed by atoms with Crippen molar-refractivity contribution in [1.82, 2.24) is 0 Å². The largest absolute Gasteiger partial charge is 0.385 e. The van der Waals surface area contributed by atoms with E-state index in [0.717, 1.165) is 0 Å². The van der Waals surface area contributed by atoms with E-state index in [1.807, 2.05) is 0 Å². The van der Waals surface area contributed by atoms with E-state index in [0.29, 0.717) is 21.4 Å². The summed E-state index contributed by atoms with van der Waals surface area (Å²) in [7, 11) is 0. The Hall–Kier alpha value is -1.47. The van der Waals surface area contributed by atoms with Crippen LogP contribution in [0.2, 0.25) is 0 Å². The Morgan fingerprint density at radius 3 is 2.62 bits per heavy atom. The van der Waals surface area contributed by atoms with Crippen molar-refractivity contribution in [2.45, 2.75) is 39.3 Å². The van der Waals surface area contributed by atoms with Crippen LogP contribution in [0.25, 0.3) is 0 Å². The number of fused-ring (bicyclic) bond motifs is 1. The molecule has 5 nitrogen and oxygen atoms in total. The molecule has 0 bridgehead atoms. The molecule has 1 aromatic carbocycles. The second-order valence-corrected chi connectivity index (χ2v) is 6.48. The van der Waals surface area contributed by atoms with Crippen LogP contribution in [0.5, 0.6) is 0 Å². The topological polar surface area (TPSA) is 83.2 Å². The highest BCUT2D eigenvalue weighted by molar-refractivity contribution is 9.10. The first-order valence-corrected chi connectivity index (χ1v) is 7.29. The molecule has 1 heterocycles. The molecule has 1 aliphatic heterocycles. The number of hydrogen-bond donors (Lipinski definition) is 4. The number of halogens is 2. The summed E-state index contributed by atoms with van der Waals surface area (Å²) in [5, 5.41) is 29.3. The minimum Gasteiger partial charge on any atom is -0.385 e. The van der Waals surface area contributed by atoms with Crippen LogP contribution in [0.15, 0.2) is 10.5 Å². The third-order valence-corrected chi connectivity index (χ3v) is 4.52. The highest BCUT2D eigenvalue weighted by Gasteiger charge is 2.40. The predicted octanol–water partition coefficient (Wildman–Crippen LogP) is 3.24. The molecule has 1 aliphatic rings. The number of rotatable bonds is 1. The molecule has 0 fully saturated rings. The highest BCUT2D eigenvalue weighted by atomic mass is 79.9. The molecular weight excluding hydrogens is 339 g/mol. The van der Waals surface area contributed by atoms with Crippen LogP contribution in [-0.4, -0.2) is 28.4 Å². The van der Waals surface area contributed by atoms with Crippen LogP contribution in [0, 0.1) is 23.6 Å². The molecule has 2 rings (SSSR count).